The number of nitrogen functional groups attached to an aromatic ring is 1. The average Bonchev–Trinajstić information content (AvgIpc) is 2.16. The third kappa shape index (κ3) is 3.50. The molecule has 0 saturated heterocycles. The second-order valence-corrected chi connectivity index (χ2v) is 5.20. The average molecular weight is 261 g/mol. The molecule has 0 spiro atoms. The zero-order chi connectivity index (χ0) is 12.1. The molecule has 0 bridgehead atoms. The highest BCUT2D eigenvalue weighted by Gasteiger charge is 2.12. The van der Waals surface area contributed by atoms with Gasteiger partial charge in [0.05, 0.1) is 10.6 Å². The fraction of sp³-hybridized carbons (Fsp3) is 0.300. The lowest BCUT2D eigenvalue weighted by Crippen LogP contribution is -2.28. The Kier molecular flexibility index (Phi) is 4.76. The van der Waals surface area contributed by atoms with Crippen molar-refractivity contribution in [2.45, 2.75) is 0 Å². The van der Waals surface area contributed by atoms with Crippen molar-refractivity contribution in [3.8, 4) is 0 Å². The summed E-state index contributed by atoms with van der Waals surface area (Å²) in [6.45, 7) is 0.340. The van der Waals surface area contributed by atoms with Crippen LogP contribution in [0.3, 0.4) is 0 Å². The lowest BCUT2D eigenvalue weighted by atomic mass is 10.1. The Morgan fingerprint density at radius 2 is 2.25 bits per heavy atom. The first kappa shape index (κ1) is 13.0. The van der Waals surface area contributed by atoms with Crippen LogP contribution in [0.25, 0.3) is 0 Å². The van der Waals surface area contributed by atoms with Gasteiger partial charge in [0.1, 0.15) is 0 Å². The van der Waals surface area contributed by atoms with E-state index in [1.165, 1.54) is 0 Å². The number of hydrogen-bond donors (Lipinski definition) is 2. The van der Waals surface area contributed by atoms with Crippen molar-refractivity contribution < 1.29 is 9.00 Å². The Labute approximate surface area is 102 Å². The van der Waals surface area contributed by atoms with Crippen LogP contribution in [-0.2, 0) is 10.8 Å². The van der Waals surface area contributed by atoms with Gasteiger partial charge in [-0.25, -0.2) is 0 Å². The van der Waals surface area contributed by atoms with Crippen LogP contribution in [0.4, 0.5) is 5.69 Å². The molecule has 1 aromatic rings. The summed E-state index contributed by atoms with van der Waals surface area (Å²) in [4.78, 5) is 11.7. The molecule has 16 heavy (non-hydrogen) atoms. The van der Waals surface area contributed by atoms with Crippen molar-refractivity contribution in [1.29, 1.82) is 0 Å². The molecule has 0 radical (unpaired) electrons. The third-order valence-corrected chi connectivity index (χ3v) is 3.04. The van der Waals surface area contributed by atoms with Gasteiger partial charge >= 0.3 is 0 Å². The first-order chi connectivity index (χ1) is 7.52. The highest BCUT2D eigenvalue weighted by Crippen LogP contribution is 2.21. The zero-order valence-electron chi connectivity index (χ0n) is 8.83. The van der Waals surface area contributed by atoms with E-state index in [9.17, 15) is 9.00 Å². The van der Waals surface area contributed by atoms with E-state index < -0.39 is 10.8 Å². The fourth-order valence-electron chi connectivity index (χ4n) is 1.18. The van der Waals surface area contributed by atoms with E-state index in [-0.39, 0.29) is 11.5 Å². The summed E-state index contributed by atoms with van der Waals surface area (Å²) in [5.41, 5.74) is 6.25. The summed E-state index contributed by atoms with van der Waals surface area (Å²) in [6.07, 6.45) is 1.58. The van der Waals surface area contributed by atoms with Crippen LogP contribution in [0.2, 0.25) is 5.02 Å². The molecule has 0 heterocycles. The lowest BCUT2D eigenvalue weighted by Gasteiger charge is -2.08. The monoisotopic (exact) mass is 260 g/mol. The van der Waals surface area contributed by atoms with Crippen molar-refractivity contribution in [2.75, 3.05) is 24.3 Å². The van der Waals surface area contributed by atoms with Gasteiger partial charge in [-0.05, 0) is 12.1 Å². The van der Waals surface area contributed by atoms with Crippen LogP contribution in [0, 0.1) is 0 Å². The predicted molar refractivity (Wildman–Crippen MR) is 67.1 cm³/mol. The van der Waals surface area contributed by atoms with Crippen LogP contribution in [0.1, 0.15) is 10.4 Å². The lowest BCUT2D eigenvalue weighted by molar-refractivity contribution is 0.0957. The van der Waals surface area contributed by atoms with Crippen molar-refractivity contribution in [1.82, 2.24) is 5.32 Å². The summed E-state index contributed by atoms with van der Waals surface area (Å²) < 4.78 is 10.8. The smallest absolute Gasteiger partial charge is 0.254 e. The van der Waals surface area contributed by atoms with E-state index in [1.54, 1.807) is 24.5 Å². The van der Waals surface area contributed by atoms with E-state index in [0.29, 0.717) is 23.0 Å². The SMILES string of the molecule is CS(=O)CCNC(=O)c1c(N)cccc1Cl. The van der Waals surface area contributed by atoms with E-state index in [0.717, 1.165) is 0 Å². The molecule has 0 saturated carbocycles. The predicted octanol–water partition coefficient (Wildman–Crippen LogP) is 1.03. The van der Waals surface area contributed by atoms with Gasteiger partial charge in [-0.15, -0.1) is 0 Å². The van der Waals surface area contributed by atoms with Crippen molar-refractivity contribution in [2.24, 2.45) is 0 Å². The molecule has 1 rings (SSSR count). The van der Waals surface area contributed by atoms with Crippen molar-refractivity contribution in [3.05, 3.63) is 28.8 Å². The van der Waals surface area contributed by atoms with Gasteiger partial charge in [0.15, 0.2) is 0 Å². The maximum Gasteiger partial charge on any atom is 0.254 e. The Hall–Kier alpha value is -1.07. The normalized spacial score (nSPS) is 12.1. The fourth-order valence-corrected chi connectivity index (χ4v) is 1.83. The van der Waals surface area contributed by atoms with E-state index in [4.69, 9.17) is 17.3 Å². The van der Waals surface area contributed by atoms with Gasteiger partial charge in [0.2, 0.25) is 0 Å². The van der Waals surface area contributed by atoms with Crippen molar-refractivity contribution >= 4 is 34.0 Å². The number of rotatable bonds is 4. The highest BCUT2D eigenvalue weighted by atomic mass is 35.5. The van der Waals surface area contributed by atoms with E-state index in [2.05, 4.69) is 5.32 Å². The van der Waals surface area contributed by atoms with Gasteiger partial charge in [0, 0.05) is 35.0 Å². The molecule has 6 heteroatoms. The number of anilines is 1. The third-order valence-electron chi connectivity index (χ3n) is 1.95. The largest absolute Gasteiger partial charge is 0.398 e. The topological polar surface area (TPSA) is 72.2 Å². The van der Waals surface area contributed by atoms with Gasteiger partial charge in [-0.1, -0.05) is 17.7 Å². The molecule has 4 nitrogen and oxygen atoms in total. The molecule has 0 aliphatic rings. The summed E-state index contributed by atoms with van der Waals surface area (Å²) >= 11 is 5.87. The molecular formula is C10H13ClN2O2S. The molecule has 1 atom stereocenters. The number of halogens is 1. The van der Waals surface area contributed by atoms with Crippen LogP contribution < -0.4 is 11.1 Å². The molecule has 1 amide bonds. The Balaban J connectivity index is 2.70. The summed E-state index contributed by atoms with van der Waals surface area (Å²) in [6, 6.07) is 4.89. The van der Waals surface area contributed by atoms with Gasteiger partial charge < -0.3 is 11.1 Å². The number of carbonyl (C=O) groups excluding carboxylic acids is 1. The maximum absolute atomic E-state index is 11.7. The molecule has 0 aliphatic heterocycles. The number of amides is 1. The first-order valence-electron chi connectivity index (χ1n) is 4.64. The zero-order valence-corrected chi connectivity index (χ0v) is 10.4. The van der Waals surface area contributed by atoms with Crippen LogP contribution in [0.15, 0.2) is 18.2 Å². The second kappa shape index (κ2) is 5.86. The summed E-state index contributed by atoms with van der Waals surface area (Å²) in [5.74, 6) is 0.0735. The number of hydrogen-bond acceptors (Lipinski definition) is 3. The number of nitrogens with two attached hydrogens (primary N) is 1. The van der Waals surface area contributed by atoms with Crippen LogP contribution >= 0.6 is 11.6 Å². The van der Waals surface area contributed by atoms with Crippen LogP contribution in [0.5, 0.6) is 0 Å². The molecular weight excluding hydrogens is 248 g/mol. The summed E-state index contributed by atoms with van der Waals surface area (Å²) in [5, 5.41) is 2.93. The summed E-state index contributed by atoms with van der Waals surface area (Å²) in [7, 11) is -0.928. The quantitative estimate of drug-likeness (QED) is 0.795. The molecule has 0 aromatic heterocycles. The second-order valence-electron chi connectivity index (χ2n) is 3.24. The molecule has 0 aliphatic carbocycles. The van der Waals surface area contributed by atoms with Crippen molar-refractivity contribution in [3.63, 3.8) is 0 Å². The van der Waals surface area contributed by atoms with Gasteiger partial charge in [-0.3, -0.25) is 9.00 Å². The Morgan fingerprint density at radius 3 is 2.81 bits per heavy atom. The minimum absolute atomic E-state index is 0.269. The van der Waals surface area contributed by atoms with E-state index in [1.807, 2.05) is 0 Å². The number of carbonyl (C=O) groups is 1. The van der Waals surface area contributed by atoms with Gasteiger partial charge in [0.25, 0.3) is 5.91 Å². The maximum atomic E-state index is 11.7. The van der Waals surface area contributed by atoms with Gasteiger partial charge in [-0.2, -0.15) is 0 Å². The minimum atomic E-state index is -0.928. The Bertz CT molecular complexity index is 403. The molecule has 1 unspecified atom stereocenters. The van der Waals surface area contributed by atoms with Crippen LogP contribution in [-0.4, -0.2) is 28.7 Å². The molecule has 0 fully saturated rings. The standard InChI is InChI=1S/C10H13ClN2O2S/c1-16(15)6-5-13-10(14)9-7(11)3-2-4-8(9)12/h2-4H,5-6,12H2,1H3,(H,13,14). The highest BCUT2D eigenvalue weighted by molar-refractivity contribution is 7.84. The molecule has 3 N–H and O–H groups in total. The Morgan fingerprint density at radius 1 is 1.56 bits per heavy atom. The first-order valence-corrected chi connectivity index (χ1v) is 6.75. The number of benzene rings is 1. The molecule has 88 valence electrons. The van der Waals surface area contributed by atoms with E-state index >= 15 is 0 Å². The minimum Gasteiger partial charge on any atom is -0.398 e. The molecule has 1 aromatic carbocycles. The number of nitrogens with one attached hydrogen (secondary N) is 1.